The van der Waals surface area contributed by atoms with Gasteiger partial charge in [0.15, 0.2) is 0 Å². The number of benzene rings is 1. The lowest BCUT2D eigenvalue weighted by atomic mass is 10.1. The fourth-order valence-corrected chi connectivity index (χ4v) is 3.29. The van der Waals surface area contributed by atoms with Gasteiger partial charge >= 0.3 is 17.7 Å². The fraction of sp³-hybridized carbons (Fsp3) is 0.176. The van der Waals surface area contributed by atoms with Gasteiger partial charge < -0.3 is 14.4 Å². The van der Waals surface area contributed by atoms with Gasteiger partial charge in [0.1, 0.15) is 11.5 Å². The Labute approximate surface area is 158 Å². The van der Waals surface area contributed by atoms with Crippen LogP contribution in [-0.4, -0.2) is 40.3 Å². The number of rotatable bonds is 5. The lowest BCUT2D eigenvalue weighted by Crippen LogP contribution is -2.28. The van der Waals surface area contributed by atoms with Crippen LogP contribution >= 0.6 is 0 Å². The number of halogens is 3. The van der Waals surface area contributed by atoms with E-state index in [0.29, 0.717) is 6.07 Å². The van der Waals surface area contributed by atoms with Crippen molar-refractivity contribution in [3.63, 3.8) is 0 Å². The van der Waals surface area contributed by atoms with Gasteiger partial charge in [-0.1, -0.05) is 6.08 Å². The molecule has 2 rings (SSSR count). The SMILES string of the molecule is COC(=O)C1=C(C(=O)OC)N(c2ccc(F)cc2S(=O)(=O)C(F)F)C=CC=C1. The average Bonchev–Trinajstić information content (AvgIpc) is 2.89. The molecule has 0 bridgehead atoms. The maximum atomic E-state index is 13.6. The molecule has 0 atom stereocenters. The molecule has 0 aromatic heterocycles. The molecular formula is C17H14F3NO6S. The number of ether oxygens (including phenoxy) is 2. The number of hydrogen-bond donors (Lipinski definition) is 0. The minimum atomic E-state index is -5.25. The highest BCUT2D eigenvalue weighted by Gasteiger charge is 2.34. The molecule has 150 valence electrons. The molecule has 0 N–H and O–H groups in total. The topological polar surface area (TPSA) is 90.0 Å². The van der Waals surface area contributed by atoms with E-state index in [0.717, 1.165) is 37.5 Å². The molecule has 1 aromatic carbocycles. The standard InChI is InChI=1S/C17H14F3NO6S/c1-26-15(22)11-5-3-4-8-21(14(11)16(23)27-2)12-7-6-10(18)9-13(12)28(24,25)17(19)20/h3-9,17H,1-2H3. The molecule has 11 heteroatoms. The van der Waals surface area contributed by atoms with E-state index in [1.54, 1.807) is 0 Å². The normalized spacial score (nSPS) is 14.3. The third kappa shape index (κ3) is 3.93. The van der Waals surface area contributed by atoms with Crippen LogP contribution in [0, 0.1) is 5.82 Å². The molecule has 0 aliphatic carbocycles. The van der Waals surface area contributed by atoms with Crippen molar-refractivity contribution >= 4 is 27.5 Å². The lowest BCUT2D eigenvalue weighted by molar-refractivity contribution is -0.139. The van der Waals surface area contributed by atoms with Crippen LogP contribution in [0.3, 0.4) is 0 Å². The summed E-state index contributed by atoms with van der Waals surface area (Å²) in [6.45, 7) is 0. The van der Waals surface area contributed by atoms with Gasteiger partial charge in [-0.15, -0.1) is 0 Å². The first kappa shape index (κ1) is 21.2. The maximum absolute atomic E-state index is 13.6. The van der Waals surface area contributed by atoms with Crippen molar-refractivity contribution in [2.45, 2.75) is 10.7 Å². The quantitative estimate of drug-likeness (QED) is 0.679. The summed E-state index contributed by atoms with van der Waals surface area (Å²) in [4.78, 5) is 24.2. The third-order valence-electron chi connectivity index (χ3n) is 3.61. The zero-order valence-corrected chi connectivity index (χ0v) is 15.4. The van der Waals surface area contributed by atoms with Crippen LogP contribution in [0.1, 0.15) is 0 Å². The van der Waals surface area contributed by atoms with Crippen molar-refractivity contribution < 1.29 is 40.7 Å². The van der Waals surface area contributed by atoms with E-state index in [-0.39, 0.29) is 5.57 Å². The number of allylic oxidation sites excluding steroid dienone is 2. The number of carbonyl (C=O) groups excluding carboxylic acids is 2. The Bertz CT molecular complexity index is 998. The largest absolute Gasteiger partial charge is 0.465 e. The van der Waals surface area contributed by atoms with Gasteiger partial charge in [0.25, 0.3) is 0 Å². The first-order valence-electron chi connectivity index (χ1n) is 7.51. The highest BCUT2D eigenvalue weighted by molar-refractivity contribution is 7.91. The second-order valence-electron chi connectivity index (χ2n) is 5.23. The van der Waals surface area contributed by atoms with Crippen molar-refractivity contribution in [3.8, 4) is 0 Å². The number of hydrogen-bond acceptors (Lipinski definition) is 7. The molecule has 0 amide bonds. The summed E-state index contributed by atoms with van der Waals surface area (Å²) in [5.74, 6) is -6.98. The Hall–Kier alpha value is -3.08. The highest BCUT2D eigenvalue weighted by atomic mass is 32.2. The number of alkyl halides is 2. The molecule has 0 unspecified atom stereocenters. The van der Waals surface area contributed by atoms with Crippen LogP contribution in [0.4, 0.5) is 18.9 Å². The van der Waals surface area contributed by atoms with Crippen LogP contribution in [0.2, 0.25) is 0 Å². The summed E-state index contributed by atoms with van der Waals surface area (Å²) >= 11 is 0. The molecule has 0 saturated carbocycles. The van der Waals surface area contributed by atoms with Crippen molar-refractivity contribution in [1.29, 1.82) is 0 Å². The Kier molecular flexibility index (Phi) is 6.29. The Balaban J connectivity index is 2.85. The Morgan fingerprint density at radius 3 is 2.29 bits per heavy atom. The van der Waals surface area contributed by atoms with Crippen LogP contribution in [0.5, 0.6) is 0 Å². The summed E-state index contributed by atoms with van der Waals surface area (Å²) in [6.07, 6.45) is 4.97. The molecule has 1 heterocycles. The molecular weight excluding hydrogens is 403 g/mol. The van der Waals surface area contributed by atoms with Gasteiger partial charge in [0.05, 0.1) is 30.4 Å². The van der Waals surface area contributed by atoms with E-state index < -0.39 is 49.6 Å². The average molecular weight is 417 g/mol. The molecule has 0 saturated heterocycles. The van der Waals surface area contributed by atoms with E-state index in [1.807, 2.05) is 0 Å². The number of sulfone groups is 1. The molecule has 0 fully saturated rings. The molecule has 1 aromatic rings. The van der Waals surface area contributed by atoms with E-state index in [9.17, 15) is 31.2 Å². The molecule has 1 aliphatic rings. The van der Waals surface area contributed by atoms with Crippen molar-refractivity contribution in [2.75, 3.05) is 19.1 Å². The Morgan fingerprint density at radius 2 is 1.71 bits per heavy atom. The predicted octanol–water partition coefficient (Wildman–Crippen LogP) is 2.31. The monoisotopic (exact) mass is 417 g/mol. The summed E-state index contributed by atoms with van der Waals surface area (Å²) < 4.78 is 73.2. The Morgan fingerprint density at radius 1 is 1.07 bits per heavy atom. The van der Waals surface area contributed by atoms with Gasteiger partial charge in [-0.3, -0.25) is 0 Å². The molecule has 7 nitrogen and oxygen atoms in total. The maximum Gasteiger partial charge on any atom is 0.355 e. The van der Waals surface area contributed by atoms with Crippen LogP contribution in [0.25, 0.3) is 0 Å². The van der Waals surface area contributed by atoms with Gasteiger partial charge in [-0.2, -0.15) is 8.78 Å². The smallest absolute Gasteiger partial charge is 0.355 e. The molecule has 28 heavy (non-hydrogen) atoms. The summed E-state index contributed by atoms with van der Waals surface area (Å²) in [7, 11) is -3.20. The summed E-state index contributed by atoms with van der Waals surface area (Å²) in [5.41, 5.74) is -1.32. The minimum Gasteiger partial charge on any atom is -0.465 e. The van der Waals surface area contributed by atoms with E-state index >= 15 is 0 Å². The number of anilines is 1. The van der Waals surface area contributed by atoms with Gasteiger partial charge in [0, 0.05) is 6.20 Å². The van der Waals surface area contributed by atoms with E-state index in [4.69, 9.17) is 0 Å². The fourth-order valence-electron chi connectivity index (χ4n) is 2.36. The van der Waals surface area contributed by atoms with Gasteiger partial charge in [-0.25, -0.2) is 22.4 Å². The molecule has 0 radical (unpaired) electrons. The second-order valence-corrected chi connectivity index (χ2v) is 7.12. The zero-order chi connectivity index (χ0) is 21.1. The number of esters is 2. The summed E-state index contributed by atoms with van der Waals surface area (Å²) in [6, 6.07) is 2.10. The summed E-state index contributed by atoms with van der Waals surface area (Å²) in [5, 5.41) is 0. The lowest BCUT2D eigenvalue weighted by Gasteiger charge is -2.25. The first-order chi connectivity index (χ1) is 13.1. The zero-order valence-electron chi connectivity index (χ0n) is 14.6. The third-order valence-corrected chi connectivity index (χ3v) is 5.02. The number of nitrogens with zero attached hydrogens (tertiary/aromatic N) is 1. The van der Waals surface area contributed by atoms with Crippen LogP contribution < -0.4 is 4.90 Å². The second kappa shape index (κ2) is 8.30. The van der Waals surface area contributed by atoms with Crippen LogP contribution in [-0.2, 0) is 28.9 Å². The van der Waals surface area contributed by atoms with Crippen molar-refractivity contribution in [1.82, 2.24) is 0 Å². The number of carbonyl (C=O) groups is 2. The highest BCUT2D eigenvalue weighted by Crippen LogP contribution is 2.34. The van der Waals surface area contributed by atoms with Crippen molar-refractivity contribution in [3.05, 3.63) is 59.7 Å². The number of methoxy groups -OCH3 is 2. The van der Waals surface area contributed by atoms with Crippen LogP contribution in [0.15, 0.2) is 58.8 Å². The van der Waals surface area contributed by atoms with E-state index in [2.05, 4.69) is 9.47 Å². The van der Waals surface area contributed by atoms with Gasteiger partial charge in [-0.05, 0) is 30.4 Å². The molecule has 1 aliphatic heterocycles. The predicted molar refractivity (Wildman–Crippen MR) is 91.4 cm³/mol. The minimum absolute atomic E-state index is 0.330. The van der Waals surface area contributed by atoms with Gasteiger partial charge in [0.2, 0.25) is 9.84 Å². The van der Waals surface area contributed by atoms with Crippen molar-refractivity contribution in [2.24, 2.45) is 0 Å². The van der Waals surface area contributed by atoms with E-state index in [1.165, 1.54) is 18.2 Å². The first-order valence-corrected chi connectivity index (χ1v) is 9.06. The molecule has 0 spiro atoms.